The van der Waals surface area contributed by atoms with Gasteiger partial charge in [0.05, 0.1) is 0 Å². The van der Waals surface area contributed by atoms with E-state index in [2.05, 4.69) is 59.9 Å². The zero-order chi connectivity index (χ0) is 11.4. The lowest BCUT2D eigenvalue weighted by molar-refractivity contribution is 0.201. The zero-order valence-electron chi connectivity index (χ0n) is 9.57. The fourth-order valence-corrected chi connectivity index (χ4v) is 2.03. The quantitative estimate of drug-likeness (QED) is 0.912. The van der Waals surface area contributed by atoms with Crippen LogP contribution in [0.2, 0.25) is 0 Å². The topological polar surface area (TPSA) is 29.3 Å². The van der Waals surface area contributed by atoms with Crippen LogP contribution in [-0.2, 0) is 0 Å². The monoisotopic (exact) mass is 270 g/mol. The van der Waals surface area contributed by atoms with E-state index in [0.29, 0.717) is 18.6 Å². The molecule has 2 nitrogen and oxygen atoms in total. The molecule has 1 atom stereocenters. The van der Waals surface area contributed by atoms with E-state index in [1.165, 1.54) is 5.56 Å². The second kappa shape index (κ2) is 5.64. The van der Waals surface area contributed by atoms with Crippen molar-refractivity contribution >= 4 is 15.9 Å². The average molecular weight is 271 g/mol. The summed E-state index contributed by atoms with van der Waals surface area (Å²) in [6.45, 7) is 5.01. The molecule has 0 radical (unpaired) electrons. The summed E-state index contributed by atoms with van der Waals surface area (Å²) in [5, 5.41) is 0. The van der Waals surface area contributed by atoms with Crippen LogP contribution < -0.4 is 5.73 Å². The smallest absolute Gasteiger partial charge is 0.0470 e. The van der Waals surface area contributed by atoms with Gasteiger partial charge >= 0.3 is 0 Å². The number of rotatable bonds is 4. The van der Waals surface area contributed by atoms with Gasteiger partial charge in [-0.15, -0.1) is 0 Å². The number of hydrogen-bond acceptors (Lipinski definition) is 2. The number of halogens is 1. The zero-order valence-corrected chi connectivity index (χ0v) is 11.2. The van der Waals surface area contributed by atoms with Crippen molar-refractivity contribution in [3.8, 4) is 0 Å². The Kier molecular flexibility index (Phi) is 4.77. The van der Waals surface area contributed by atoms with Crippen molar-refractivity contribution in [2.75, 3.05) is 13.6 Å². The van der Waals surface area contributed by atoms with Gasteiger partial charge in [0, 0.05) is 23.1 Å². The van der Waals surface area contributed by atoms with Crippen LogP contribution >= 0.6 is 15.9 Å². The van der Waals surface area contributed by atoms with E-state index in [4.69, 9.17) is 5.73 Å². The number of nitrogens with two attached hydrogens (primary N) is 1. The highest BCUT2D eigenvalue weighted by Crippen LogP contribution is 2.23. The Morgan fingerprint density at radius 3 is 2.53 bits per heavy atom. The van der Waals surface area contributed by atoms with Crippen LogP contribution in [0.3, 0.4) is 0 Å². The molecule has 1 aromatic rings. The maximum atomic E-state index is 5.84. The van der Waals surface area contributed by atoms with Gasteiger partial charge in [0.1, 0.15) is 0 Å². The van der Waals surface area contributed by atoms with Gasteiger partial charge in [-0.1, -0.05) is 28.1 Å². The van der Waals surface area contributed by atoms with Gasteiger partial charge < -0.3 is 5.73 Å². The van der Waals surface area contributed by atoms with Gasteiger partial charge in [-0.25, -0.2) is 0 Å². The lowest BCUT2D eigenvalue weighted by atomic mass is 10.0. The molecule has 1 rings (SSSR count). The largest absolute Gasteiger partial charge is 0.329 e. The maximum absolute atomic E-state index is 5.84. The fourth-order valence-electron chi connectivity index (χ4n) is 1.61. The third-order valence-electron chi connectivity index (χ3n) is 2.76. The highest BCUT2D eigenvalue weighted by Gasteiger charge is 2.17. The predicted molar refractivity (Wildman–Crippen MR) is 68.8 cm³/mol. The van der Waals surface area contributed by atoms with E-state index in [9.17, 15) is 0 Å². The molecule has 0 saturated carbocycles. The van der Waals surface area contributed by atoms with Gasteiger partial charge in [-0.05, 0) is 38.6 Å². The molecule has 0 spiro atoms. The van der Waals surface area contributed by atoms with Crippen molar-refractivity contribution in [3.05, 3.63) is 34.3 Å². The van der Waals surface area contributed by atoms with Crippen LogP contribution in [0.4, 0.5) is 0 Å². The van der Waals surface area contributed by atoms with Crippen molar-refractivity contribution in [2.24, 2.45) is 5.73 Å². The molecule has 84 valence electrons. The fraction of sp³-hybridized carbons (Fsp3) is 0.500. The Labute approximate surface area is 101 Å². The molecule has 0 aliphatic carbocycles. The average Bonchev–Trinajstić information content (AvgIpc) is 2.18. The molecular formula is C12H19BrN2. The SMILES string of the molecule is CC(C)N(C)C(CN)c1cccc(Br)c1. The Bertz CT molecular complexity index is 312. The summed E-state index contributed by atoms with van der Waals surface area (Å²) < 4.78 is 1.11. The molecule has 15 heavy (non-hydrogen) atoms. The van der Waals surface area contributed by atoms with Gasteiger partial charge in [-0.3, -0.25) is 4.90 Å². The molecule has 0 aliphatic heterocycles. The standard InChI is InChI=1S/C12H19BrN2/c1-9(2)15(3)12(8-14)10-5-4-6-11(13)7-10/h4-7,9,12H,8,14H2,1-3H3. The molecule has 3 heteroatoms. The summed E-state index contributed by atoms with van der Waals surface area (Å²) in [7, 11) is 2.11. The lowest BCUT2D eigenvalue weighted by Gasteiger charge is -2.30. The van der Waals surface area contributed by atoms with Crippen molar-refractivity contribution < 1.29 is 0 Å². The van der Waals surface area contributed by atoms with E-state index >= 15 is 0 Å². The molecule has 0 saturated heterocycles. The minimum Gasteiger partial charge on any atom is -0.329 e. The third-order valence-corrected chi connectivity index (χ3v) is 3.26. The van der Waals surface area contributed by atoms with Gasteiger partial charge in [-0.2, -0.15) is 0 Å². The Hall–Kier alpha value is -0.380. The second-order valence-electron chi connectivity index (χ2n) is 4.07. The molecule has 0 heterocycles. The van der Waals surface area contributed by atoms with Crippen molar-refractivity contribution in [1.82, 2.24) is 4.90 Å². The van der Waals surface area contributed by atoms with E-state index < -0.39 is 0 Å². The molecule has 0 aromatic heterocycles. The highest BCUT2D eigenvalue weighted by molar-refractivity contribution is 9.10. The van der Waals surface area contributed by atoms with Crippen LogP contribution in [0, 0.1) is 0 Å². The summed E-state index contributed by atoms with van der Waals surface area (Å²) in [4.78, 5) is 2.29. The summed E-state index contributed by atoms with van der Waals surface area (Å²) in [6.07, 6.45) is 0. The number of likely N-dealkylation sites (N-methyl/N-ethyl adjacent to an activating group) is 1. The summed E-state index contributed by atoms with van der Waals surface area (Å²) in [5.41, 5.74) is 7.10. The second-order valence-corrected chi connectivity index (χ2v) is 4.98. The Morgan fingerprint density at radius 1 is 1.40 bits per heavy atom. The molecule has 1 aromatic carbocycles. The van der Waals surface area contributed by atoms with Gasteiger partial charge in [0.25, 0.3) is 0 Å². The molecule has 0 bridgehead atoms. The van der Waals surface area contributed by atoms with Gasteiger partial charge in [0.15, 0.2) is 0 Å². The molecule has 2 N–H and O–H groups in total. The number of benzene rings is 1. The lowest BCUT2D eigenvalue weighted by Crippen LogP contribution is -2.35. The maximum Gasteiger partial charge on any atom is 0.0470 e. The number of hydrogen-bond donors (Lipinski definition) is 1. The summed E-state index contributed by atoms with van der Waals surface area (Å²) in [5.74, 6) is 0. The van der Waals surface area contributed by atoms with E-state index in [1.54, 1.807) is 0 Å². The molecular weight excluding hydrogens is 252 g/mol. The van der Waals surface area contributed by atoms with Crippen LogP contribution in [0.1, 0.15) is 25.5 Å². The number of nitrogens with zero attached hydrogens (tertiary/aromatic N) is 1. The Morgan fingerprint density at radius 2 is 2.07 bits per heavy atom. The minimum atomic E-state index is 0.294. The summed E-state index contributed by atoms with van der Waals surface area (Å²) in [6, 6.07) is 9.14. The Balaban J connectivity index is 2.92. The first-order valence-electron chi connectivity index (χ1n) is 5.23. The molecule has 1 unspecified atom stereocenters. The van der Waals surface area contributed by atoms with E-state index in [1.807, 2.05) is 6.07 Å². The van der Waals surface area contributed by atoms with E-state index in [0.717, 1.165) is 4.47 Å². The van der Waals surface area contributed by atoms with Crippen LogP contribution in [0.5, 0.6) is 0 Å². The van der Waals surface area contributed by atoms with Gasteiger partial charge in [0.2, 0.25) is 0 Å². The first-order chi connectivity index (χ1) is 7.06. The van der Waals surface area contributed by atoms with Crippen molar-refractivity contribution in [3.63, 3.8) is 0 Å². The van der Waals surface area contributed by atoms with Crippen molar-refractivity contribution in [2.45, 2.75) is 25.9 Å². The third kappa shape index (κ3) is 3.30. The van der Waals surface area contributed by atoms with Crippen LogP contribution in [0.15, 0.2) is 28.7 Å². The predicted octanol–water partition coefficient (Wildman–Crippen LogP) is 2.79. The first kappa shape index (κ1) is 12.7. The molecule has 0 aliphatic rings. The van der Waals surface area contributed by atoms with Crippen LogP contribution in [0.25, 0.3) is 0 Å². The first-order valence-corrected chi connectivity index (χ1v) is 6.03. The highest BCUT2D eigenvalue weighted by atomic mass is 79.9. The molecule has 0 fully saturated rings. The summed E-state index contributed by atoms with van der Waals surface area (Å²) >= 11 is 3.49. The van der Waals surface area contributed by atoms with Crippen molar-refractivity contribution in [1.29, 1.82) is 0 Å². The minimum absolute atomic E-state index is 0.294. The normalized spacial score (nSPS) is 13.5. The molecule has 0 amide bonds. The van der Waals surface area contributed by atoms with Crippen LogP contribution in [-0.4, -0.2) is 24.5 Å². The van der Waals surface area contributed by atoms with E-state index in [-0.39, 0.29) is 0 Å².